The summed E-state index contributed by atoms with van der Waals surface area (Å²) in [6.45, 7) is 1.34. The fraction of sp³-hybridized carbons (Fsp3) is 0.471. The van der Waals surface area contributed by atoms with Crippen LogP contribution in [0.1, 0.15) is 24.8 Å². The summed E-state index contributed by atoms with van der Waals surface area (Å²) in [5.74, 6) is -6.06. The molecule has 6 nitrogen and oxygen atoms in total. The van der Waals surface area contributed by atoms with E-state index in [0.717, 1.165) is 26.4 Å². The second kappa shape index (κ2) is 6.68. The molecule has 0 heterocycles. The molecule has 1 aliphatic rings. The number of hydrogen-bond donors (Lipinski definition) is 1. The lowest BCUT2D eigenvalue weighted by Crippen LogP contribution is -2.55. The van der Waals surface area contributed by atoms with Crippen LogP contribution in [-0.4, -0.2) is 42.6 Å². The molecule has 0 radical (unpaired) electrons. The molecule has 1 aliphatic carbocycles. The number of carbonyl (C=O) groups excluding carboxylic acids is 3. The van der Waals surface area contributed by atoms with Crippen molar-refractivity contribution in [2.75, 3.05) is 14.2 Å². The number of methoxy groups -OCH3 is 2. The van der Waals surface area contributed by atoms with Crippen LogP contribution in [0.2, 0.25) is 0 Å². The molecular weight excluding hydrogens is 319 g/mol. The van der Waals surface area contributed by atoms with E-state index in [1.54, 1.807) is 0 Å². The number of ketones is 1. The molecule has 0 amide bonds. The average Bonchev–Trinajstić information content (AvgIpc) is 2.53. The monoisotopic (exact) mass is 338 g/mol. The molecule has 7 heteroatoms. The van der Waals surface area contributed by atoms with Crippen molar-refractivity contribution in [3.63, 3.8) is 0 Å². The molecule has 1 fully saturated rings. The van der Waals surface area contributed by atoms with E-state index < -0.39 is 46.9 Å². The van der Waals surface area contributed by atoms with Crippen LogP contribution < -0.4 is 0 Å². The molecule has 0 unspecified atom stereocenters. The van der Waals surface area contributed by atoms with Gasteiger partial charge in [-0.1, -0.05) is 12.1 Å². The molecule has 4 atom stereocenters. The van der Waals surface area contributed by atoms with Gasteiger partial charge in [0.2, 0.25) is 0 Å². The topological polar surface area (TPSA) is 89.9 Å². The van der Waals surface area contributed by atoms with Gasteiger partial charge in [-0.15, -0.1) is 0 Å². The van der Waals surface area contributed by atoms with Gasteiger partial charge in [-0.3, -0.25) is 14.4 Å². The second-order valence-electron chi connectivity index (χ2n) is 6.08. The number of aliphatic hydroxyl groups is 1. The minimum absolute atomic E-state index is 0.371. The van der Waals surface area contributed by atoms with Crippen LogP contribution in [0.3, 0.4) is 0 Å². The van der Waals surface area contributed by atoms with E-state index in [1.165, 1.54) is 19.1 Å². The summed E-state index contributed by atoms with van der Waals surface area (Å²) in [5, 5.41) is 10.6. The Balaban J connectivity index is 2.63. The molecule has 0 saturated heterocycles. The van der Waals surface area contributed by atoms with Crippen molar-refractivity contribution in [1.29, 1.82) is 0 Å². The van der Waals surface area contributed by atoms with Crippen molar-refractivity contribution >= 4 is 17.7 Å². The van der Waals surface area contributed by atoms with Crippen LogP contribution in [0.15, 0.2) is 24.3 Å². The van der Waals surface area contributed by atoms with Gasteiger partial charge in [0.1, 0.15) is 11.7 Å². The van der Waals surface area contributed by atoms with Crippen LogP contribution >= 0.6 is 0 Å². The summed E-state index contributed by atoms with van der Waals surface area (Å²) in [4.78, 5) is 36.9. The Morgan fingerprint density at radius 2 is 1.71 bits per heavy atom. The Hall–Kier alpha value is -2.28. The number of hydrogen-bond acceptors (Lipinski definition) is 6. The number of halogens is 1. The molecule has 0 aromatic heterocycles. The van der Waals surface area contributed by atoms with Crippen LogP contribution in [0, 0.1) is 17.7 Å². The summed E-state index contributed by atoms with van der Waals surface area (Å²) in [6, 6.07) is 5.07. The van der Waals surface area contributed by atoms with Crippen molar-refractivity contribution in [2.45, 2.75) is 24.9 Å². The van der Waals surface area contributed by atoms with Crippen molar-refractivity contribution in [3.05, 3.63) is 35.6 Å². The van der Waals surface area contributed by atoms with E-state index in [0.29, 0.717) is 5.56 Å². The molecule has 1 saturated carbocycles. The lowest BCUT2D eigenvalue weighted by atomic mass is 9.62. The zero-order valence-electron chi connectivity index (χ0n) is 13.6. The van der Waals surface area contributed by atoms with E-state index in [4.69, 9.17) is 9.47 Å². The van der Waals surface area contributed by atoms with Crippen molar-refractivity contribution in [2.24, 2.45) is 11.8 Å². The van der Waals surface area contributed by atoms with Gasteiger partial charge in [0.25, 0.3) is 0 Å². The van der Waals surface area contributed by atoms with Gasteiger partial charge in [-0.05, 0) is 24.6 Å². The largest absolute Gasteiger partial charge is 0.469 e. The molecule has 2 rings (SSSR count). The SMILES string of the molecule is COC(=O)[C@@H]1C(=O)C[C@](C)(O)[C@@H](C(=O)OC)[C@@H]1c1ccc(F)cc1. The van der Waals surface area contributed by atoms with Crippen molar-refractivity contribution in [3.8, 4) is 0 Å². The minimum atomic E-state index is -1.70. The maximum Gasteiger partial charge on any atom is 0.316 e. The van der Waals surface area contributed by atoms with Gasteiger partial charge in [-0.25, -0.2) is 4.39 Å². The molecule has 1 N–H and O–H groups in total. The molecule has 130 valence electrons. The van der Waals surface area contributed by atoms with Gasteiger partial charge in [0.15, 0.2) is 5.78 Å². The first-order valence-corrected chi connectivity index (χ1v) is 7.39. The number of rotatable bonds is 3. The predicted molar refractivity (Wildman–Crippen MR) is 80.4 cm³/mol. The first kappa shape index (κ1) is 18.1. The van der Waals surface area contributed by atoms with Gasteiger partial charge < -0.3 is 14.6 Å². The first-order chi connectivity index (χ1) is 11.2. The van der Waals surface area contributed by atoms with Crippen LogP contribution in [0.4, 0.5) is 4.39 Å². The summed E-state index contributed by atoms with van der Waals surface area (Å²) in [6.07, 6.45) is -0.385. The average molecular weight is 338 g/mol. The fourth-order valence-electron chi connectivity index (χ4n) is 3.35. The summed E-state index contributed by atoms with van der Waals surface area (Å²) in [5.41, 5.74) is -1.33. The predicted octanol–water partition coefficient (Wildman–Crippen LogP) is 1.21. The Kier molecular flexibility index (Phi) is 5.03. The number of ether oxygens (including phenoxy) is 2. The molecular formula is C17H19FO6. The van der Waals surface area contributed by atoms with Crippen LogP contribution in [0.25, 0.3) is 0 Å². The lowest BCUT2D eigenvalue weighted by Gasteiger charge is -2.43. The standard InChI is InChI=1S/C17H19FO6/c1-17(22)8-11(19)13(15(20)23-2)12(14(17)16(21)24-3)9-4-6-10(18)7-5-9/h4-7,12-14,22H,8H2,1-3H3/t12-,13-,14-,17+/m1/s1. The van der Waals surface area contributed by atoms with E-state index in [1.807, 2.05) is 0 Å². The molecule has 0 spiro atoms. The third kappa shape index (κ3) is 3.17. The third-order valence-electron chi connectivity index (χ3n) is 4.43. The van der Waals surface area contributed by atoms with E-state index in [-0.39, 0.29) is 6.42 Å². The molecule has 0 aliphatic heterocycles. The Bertz CT molecular complexity index is 652. The highest BCUT2D eigenvalue weighted by Gasteiger charge is 2.56. The summed E-state index contributed by atoms with van der Waals surface area (Å²) in [7, 11) is 2.29. The van der Waals surface area contributed by atoms with Gasteiger partial charge in [-0.2, -0.15) is 0 Å². The quantitative estimate of drug-likeness (QED) is 0.658. The van der Waals surface area contributed by atoms with Gasteiger partial charge in [0, 0.05) is 12.3 Å². The maximum absolute atomic E-state index is 13.2. The zero-order chi connectivity index (χ0) is 18.1. The van der Waals surface area contributed by atoms with Gasteiger partial charge in [0.05, 0.1) is 25.7 Å². The molecule has 24 heavy (non-hydrogen) atoms. The maximum atomic E-state index is 13.2. The van der Waals surface area contributed by atoms with E-state index in [9.17, 15) is 23.9 Å². The number of Topliss-reactive ketones (excluding diaryl/α,β-unsaturated/α-hetero) is 1. The zero-order valence-corrected chi connectivity index (χ0v) is 13.6. The van der Waals surface area contributed by atoms with E-state index >= 15 is 0 Å². The Morgan fingerprint density at radius 1 is 1.17 bits per heavy atom. The Labute approximate surface area is 138 Å². The van der Waals surface area contributed by atoms with Crippen molar-refractivity contribution < 1.29 is 33.4 Å². The molecule has 1 aromatic carbocycles. The van der Waals surface area contributed by atoms with Gasteiger partial charge >= 0.3 is 11.9 Å². The number of benzene rings is 1. The van der Waals surface area contributed by atoms with Crippen LogP contribution in [0.5, 0.6) is 0 Å². The number of esters is 2. The molecule has 1 aromatic rings. The smallest absolute Gasteiger partial charge is 0.316 e. The highest BCUT2D eigenvalue weighted by Crippen LogP contribution is 2.46. The first-order valence-electron chi connectivity index (χ1n) is 7.39. The Morgan fingerprint density at radius 3 is 2.21 bits per heavy atom. The molecule has 0 bridgehead atoms. The summed E-state index contributed by atoms with van der Waals surface area (Å²) >= 11 is 0. The minimum Gasteiger partial charge on any atom is -0.469 e. The van der Waals surface area contributed by atoms with E-state index in [2.05, 4.69) is 0 Å². The lowest BCUT2D eigenvalue weighted by molar-refractivity contribution is -0.170. The highest BCUT2D eigenvalue weighted by molar-refractivity contribution is 6.02. The second-order valence-corrected chi connectivity index (χ2v) is 6.08. The normalized spacial score (nSPS) is 29.9. The van der Waals surface area contributed by atoms with Crippen molar-refractivity contribution in [1.82, 2.24) is 0 Å². The third-order valence-corrected chi connectivity index (χ3v) is 4.43. The highest BCUT2D eigenvalue weighted by atomic mass is 19.1. The number of carbonyl (C=O) groups is 3. The summed E-state index contributed by atoms with van der Waals surface area (Å²) < 4.78 is 22.7. The fourth-order valence-corrected chi connectivity index (χ4v) is 3.35. The van der Waals surface area contributed by atoms with Crippen LogP contribution in [-0.2, 0) is 23.9 Å².